The van der Waals surface area contributed by atoms with Gasteiger partial charge in [-0.25, -0.2) is 4.79 Å². The van der Waals surface area contributed by atoms with E-state index in [9.17, 15) is 18.0 Å². The smallest absolute Gasteiger partial charge is 0.418 e. The Kier molecular flexibility index (Phi) is 4.79. The molecule has 0 unspecified atom stereocenters. The van der Waals surface area contributed by atoms with E-state index in [4.69, 9.17) is 4.74 Å². The third-order valence-corrected chi connectivity index (χ3v) is 4.90. The maximum Gasteiger partial charge on any atom is 0.418 e. The van der Waals surface area contributed by atoms with Crippen molar-refractivity contribution in [3.63, 3.8) is 0 Å². The molecule has 0 aliphatic carbocycles. The molecular formula is C18H24F3N3O2. The number of amides is 1. The minimum atomic E-state index is -4.41. The molecule has 26 heavy (non-hydrogen) atoms. The molecule has 8 heteroatoms. The normalized spacial score (nSPS) is 23.8. The molecule has 1 amide bonds. The molecule has 2 aliphatic rings. The lowest BCUT2D eigenvalue weighted by Crippen LogP contribution is -2.41. The number of halogens is 3. The molecule has 0 spiro atoms. The number of hydrogen-bond donors (Lipinski definition) is 0. The summed E-state index contributed by atoms with van der Waals surface area (Å²) in [7, 11) is 0. The maximum absolute atomic E-state index is 13.3. The summed E-state index contributed by atoms with van der Waals surface area (Å²) in [5.74, 6) is 0.433. The van der Waals surface area contributed by atoms with Gasteiger partial charge in [0.15, 0.2) is 0 Å². The first-order chi connectivity index (χ1) is 12.0. The van der Waals surface area contributed by atoms with Crippen molar-refractivity contribution >= 4 is 11.8 Å². The summed E-state index contributed by atoms with van der Waals surface area (Å²) in [5, 5.41) is 0. The number of alkyl halides is 3. The highest BCUT2D eigenvalue weighted by atomic mass is 19.4. The molecule has 2 atom stereocenters. The van der Waals surface area contributed by atoms with Crippen molar-refractivity contribution in [1.82, 2.24) is 9.88 Å². The van der Waals surface area contributed by atoms with Crippen LogP contribution in [0.3, 0.4) is 0 Å². The average Bonchev–Trinajstić information content (AvgIpc) is 2.95. The fraction of sp³-hybridized carbons (Fsp3) is 0.667. The molecule has 0 bridgehead atoms. The number of anilines is 1. The Bertz CT molecular complexity index is 672. The number of pyridine rings is 1. The number of aromatic nitrogens is 1. The molecule has 1 aromatic rings. The molecule has 3 heterocycles. The van der Waals surface area contributed by atoms with Crippen LogP contribution in [0, 0.1) is 11.8 Å². The SMILES string of the molecule is CC(C)(C)OC(=O)N1C[C@@H]2CCN(c3cnccc3C(F)(F)F)C[C@@H]2C1. The summed E-state index contributed by atoms with van der Waals surface area (Å²) < 4.78 is 45.2. The number of ether oxygens (including phenoxy) is 1. The van der Waals surface area contributed by atoms with Gasteiger partial charge in [-0.1, -0.05) is 0 Å². The Morgan fingerprint density at radius 3 is 2.54 bits per heavy atom. The van der Waals surface area contributed by atoms with Gasteiger partial charge in [0.1, 0.15) is 5.60 Å². The Morgan fingerprint density at radius 2 is 1.88 bits per heavy atom. The molecule has 0 saturated carbocycles. The highest BCUT2D eigenvalue weighted by Gasteiger charge is 2.42. The number of rotatable bonds is 1. The third-order valence-electron chi connectivity index (χ3n) is 4.90. The van der Waals surface area contributed by atoms with Crippen molar-refractivity contribution in [3.05, 3.63) is 24.0 Å². The van der Waals surface area contributed by atoms with Gasteiger partial charge >= 0.3 is 12.3 Å². The van der Waals surface area contributed by atoms with Crippen molar-refractivity contribution in [1.29, 1.82) is 0 Å². The van der Waals surface area contributed by atoms with Gasteiger partial charge in [-0.3, -0.25) is 4.98 Å². The van der Waals surface area contributed by atoms with E-state index in [0.717, 1.165) is 12.5 Å². The van der Waals surface area contributed by atoms with Crippen LogP contribution in [-0.2, 0) is 10.9 Å². The van der Waals surface area contributed by atoms with Crippen LogP contribution in [0.25, 0.3) is 0 Å². The molecule has 0 N–H and O–H groups in total. The fourth-order valence-electron chi connectivity index (χ4n) is 3.74. The second-order valence-corrected chi connectivity index (χ2v) is 8.03. The molecule has 2 saturated heterocycles. The summed E-state index contributed by atoms with van der Waals surface area (Å²) in [6, 6.07) is 1.02. The number of fused-ring (bicyclic) bond motifs is 1. The number of piperidine rings is 1. The van der Waals surface area contributed by atoms with E-state index in [1.165, 1.54) is 12.4 Å². The number of carbonyl (C=O) groups is 1. The lowest BCUT2D eigenvalue weighted by molar-refractivity contribution is -0.137. The molecule has 144 valence electrons. The Balaban J connectivity index is 1.71. The zero-order valence-electron chi connectivity index (χ0n) is 15.2. The van der Waals surface area contributed by atoms with Gasteiger partial charge in [-0.05, 0) is 45.1 Å². The average molecular weight is 371 g/mol. The summed E-state index contributed by atoms with van der Waals surface area (Å²) in [4.78, 5) is 19.6. The van der Waals surface area contributed by atoms with Gasteiger partial charge < -0.3 is 14.5 Å². The van der Waals surface area contributed by atoms with E-state index < -0.39 is 17.3 Å². The van der Waals surface area contributed by atoms with Gasteiger partial charge in [0.25, 0.3) is 0 Å². The second kappa shape index (κ2) is 6.63. The molecule has 0 radical (unpaired) electrons. The van der Waals surface area contributed by atoms with Crippen LogP contribution in [0.4, 0.5) is 23.7 Å². The molecule has 5 nitrogen and oxygen atoms in total. The van der Waals surface area contributed by atoms with Crippen LogP contribution < -0.4 is 4.90 Å². The Labute approximate surface area is 151 Å². The largest absolute Gasteiger partial charge is 0.444 e. The summed E-state index contributed by atoms with van der Waals surface area (Å²) in [6.45, 7) is 7.57. The van der Waals surface area contributed by atoms with Gasteiger partial charge in [-0.2, -0.15) is 13.2 Å². The van der Waals surface area contributed by atoms with Gasteiger partial charge in [0.05, 0.1) is 17.4 Å². The number of carbonyl (C=O) groups excluding carboxylic acids is 1. The summed E-state index contributed by atoms with van der Waals surface area (Å²) >= 11 is 0. The maximum atomic E-state index is 13.3. The van der Waals surface area contributed by atoms with Crippen LogP contribution in [0.5, 0.6) is 0 Å². The van der Waals surface area contributed by atoms with Gasteiger partial charge in [0, 0.05) is 32.4 Å². The Morgan fingerprint density at radius 1 is 1.19 bits per heavy atom. The number of nitrogens with zero attached hydrogens (tertiary/aromatic N) is 3. The molecule has 2 fully saturated rings. The monoisotopic (exact) mass is 371 g/mol. The van der Waals surface area contributed by atoms with E-state index in [2.05, 4.69) is 4.98 Å². The quantitative estimate of drug-likeness (QED) is 0.753. The third kappa shape index (κ3) is 4.04. The minimum absolute atomic E-state index is 0.120. The lowest BCUT2D eigenvalue weighted by atomic mass is 9.88. The first kappa shape index (κ1) is 18.8. The minimum Gasteiger partial charge on any atom is -0.444 e. The van der Waals surface area contributed by atoms with Crippen molar-refractivity contribution in [2.75, 3.05) is 31.1 Å². The van der Waals surface area contributed by atoms with Crippen molar-refractivity contribution in [2.24, 2.45) is 11.8 Å². The van der Waals surface area contributed by atoms with Gasteiger partial charge in [-0.15, -0.1) is 0 Å². The van der Waals surface area contributed by atoms with Crippen molar-refractivity contribution < 1.29 is 22.7 Å². The molecule has 1 aromatic heterocycles. The number of likely N-dealkylation sites (tertiary alicyclic amines) is 1. The topological polar surface area (TPSA) is 45.7 Å². The Hall–Kier alpha value is -1.99. The highest BCUT2D eigenvalue weighted by Crippen LogP contribution is 2.39. The molecule has 2 aliphatic heterocycles. The van der Waals surface area contributed by atoms with Crippen molar-refractivity contribution in [3.8, 4) is 0 Å². The van der Waals surface area contributed by atoms with E-state index in [1.807, 2.05) is 20.8 Å². The van der Waals surface area contributed by atoms with Crippen LogP contribution >= 0.6 is 0 Å². The summed E-state index contributed by atoms with van der Waals surface area (Å²) in [6.07, 6.45) is -1.57. The van der Waals surface area contributed by atoms with E-state index >= 15 is 0 Å². The van der Waals surface area contributed by atoms with E-state index in [0.29, 0.717) is 32.1 Å². The fourth-order valence-corrected chi connectivity index (χ4v) is 3.74. The zero-order chi connectivity index (χ0) is 19.1. The zero-order valence-corrected chi connectivity index (χ0v) is 15.2. The van der Waals surface area contributed by atoms with Crippen molar-refractivity contribution in [2.45, 2.75) is 39.0 Å². The first-order valence-corrected chi connectivity index (χ1v) is 8.78. The molecule has 3 rings (SSSR count). The van der Waals surface area contributed by atoms with Crippen LogP contribution in [0.1, 0.15) is 32.8 Å². The van der Waals surface area contributed by atoms with Gasteiger partial charge in [0.2, 0.25) is 0 Å². The lowest BCUT2D eigenvalue weighted by Gasteiger charge is -2.36. The second-order valence-electron chi connectivity index (χ2n) is 8.03. The van der Waals surface area contributed by atoms with E-state index in [1.54, 1.807) is 9.80 Å². The highest BCUT2D eigenvalue weighted by molar-refractivity contribution is 5.68. The predicted octanol–water partition coefficient (Wildman–Crippen LogP) is 3.79. The van der Waals surface area contributed by atoms with Crippen LogP contribution in [0.15, 0.2) is 18.5 Å². The predicted molar refractivity (Wildman–Crippen MR) is 90.9 cm³/mol. The molecular weight excluding hydrogens is 347 g/mol. The summed E-state index contributed by atoms with van der Waals surface area (Å²) in [5.41, 5.74) is -1.10. The van der Waals surface area contributed by atoms with Crippen LogP contribution in [0.2, 0.25) is 0 Å². The number of hydrogen-bond acceptors (Lipinski definition) is 4. The van der Waals surface area contributed by atoms with E-state index in [-0.39, 0.29) is 17.7 Å². The standard InChI is InChI=1S/C18H24F3N3O2/c1-17(2,3)26-16(25)24-9-12-5-7-23(10-13(12)11-24)15-8-22-6-4-14(15)18(19,20)21/h4,6,8,12-13H,5,7,9-11H2,1-3H3/t12-,13+/m0/s1. The molecule has 0 aromatic carbocycles. The van der Waals surface area contributed by atoms with Crippen LogP contribution in [-0.4, -0.2) is 47.8 Å². The first-order valence-electron chi connectivity index (χ1n) is 8.78.